The fourth-order valence-electron chi connectivity index (χ4n) is 2.25. The van der Waals surface area contributed by atoms with Crippen molar-refractivity contribution in [1.29, 1.82) is 0 Å². The average molecular weight is 414 g/mol. The van der Waals surface area contributed by atoms with Gasteiger partial charge in [0.25, 0.3) is 5.91 Å². The van der Waals surface area contributed by atoms with Crippen LogP contribution < -0.4 is 16.0 Å². The van der Waals surface area contributed by atoms with Crippen molar-refractivity contribution in [2.45, 2.75) is 12.8 Å². The van der Waals surface area contributed by atoms with E-state index in [1.165, 1.54) is 24.2 Å². The van der Waals surface area contributed by atoms with Gasteiger partial charge in [0, 0.05) is 22.3 Å². The molecule has 1 saturated heterocycles. The standard InChI is InChI=1S/C14H15IN4OS/c15-9-3-5-10(6-4-9)17-13(20)11-12(16)18-14(21-11)19-7-1-2-8-19/h3-6H,1-2,7-8,16H2,(H,17,20). The predicted molar refractivity (Wildman–Crippen MR) is 95.1 cm³/mol. The van der Waals surface area contributed by atoms with E-state index in [1.807, 2.05) is 24.3 Å². The van der Waals surface area contributed by atoms with Crippen molar-refractivity contribution in [2.75, 3.05) is 29.0 Å². The van der Waals surface area contributed by atoms with E-state index in [-0.39, 0.29) is 5.91 Å². The first-order valence-corrected chi connectivity index (χ1v) is 8.61. The zero-order valence-electron chi connectivity index (χ0n) is 11.3. The Morgan fingerprint density at radius 2 is 1.95 bits per heavy atom. The van der Waals surface area contributed by atoms with Gasteiger partial charge >= 0.3 is 0 Å². The van der Waals surface area contributed by atoms with E-state index in [0.717, 1.165) is 27.5 Å². The fourth-order valence-corrected chi connectivity index (χ4v) is 3.54. The second kappa shape index (κ2) is 6.18. The molecule has 1 aromatic heterocycles. The first kappa shape index (κ1) is 14.6. The van der Waals surface area contributed by atoms with Crippen LogP contribution in [0.25, 0.3) is 0 Å². The van der Waals surface area contributed by atoms with Gasteiger partial charge in [0.05, 0.1) is 0 Å². The number of hydrogen-bond acceptors (Lipinski definition) is 5. The number of nitrogens with one attached hydrogen (secondary N) is 1. The summed E-state index contributed by atoms with van der Waals surface area (Å²) in [5.41, 5.74) is 6.66. The Labute approximate surface area is 140 Å². The molecule has 1 aliphatic heterocycles. The molecule has 7 heteroatoms. The minimum absolute atomic E-state index is 0.198. The lowest BCUT2D eigenvalue weighted by molar-refractivity contribution is 0.103. The molecule has 1 aromatic carbocycles. The second-order valence-electron chi connectivity index (χ2n) is 4.87. The lowest BCUT2D eigenvalue weighted by Crippen LogP contribution is -2.17. The lowest BCUT2D eigenvalue weighted by atomic mass is 10.3. The van der Waals surface area contributed by atoms with Gasteiger partial charge in [-0.1, -0.05) is 11.3 Å². The third-order valence-corrected chi connectivity index (χ3v) is 5.18. The zero-order valence-corrected chi connectivity index (χ0v) is 14.3. The fraction of sp³-hybridized carbons (Fsp3) is 0.286. The van der Waals surface area contributed by atoms with Crippen LogP contribution in [0.5, 0.6) is 0 Å². The monoisotopic (exact) mass is 414 g/mol. The van der Waals surface area contributed by atoms with Crippen LogP contribution in [-0.4, -0.2) is 24.0 Å². The Bertz CT molecular complexity index is 649. The van der Waals surface area contributed by atoms with Gasteiger partial charge in [0.2, 0.25) is 0 Å². The normalized spacial score (nSPS) is 14.4. The molecule has 1 amide bonds. The van der Waals surface area contributed by atoms with E-state index in [1.54, 1.807) is 0 Å². The van der Waals surface area contributed by atoms with Crippen molar-refractivity contribution in [1.82, 2.24) is 4.98 Å². The molecule has 0 bridgehead atoms. The highest BCUT2D eigenvalue weighted by atomic mass is 127. The summed E-state index contributed by atoms with van der Waals surface area (Å²) < 4.78 is 1.12. The van der Waals surface area contributed by atoms with Gasteiger partial charge in [-0.2, -0.15) is 0 Å². The summed E-state index contributed by atoms with van der Waals surface area (Å²) in [6.45, 7) is 1.98. The van der Waals surface area contributed by atoms with Gasteiger partial charge in [0.15, 0.2) is 5.13 Å². The molecule has 0 radical (unpaired) electrons. The Morgan fingerprint density at radius 3 is 2.62 bits per heavy atom. The van der Waals surface area contributed by atoms with Gasteiger partial charge in [0.1, 0.15) is 10.7 Å². The summed E-state index contributed by atoms with van der Waals surface area (Å²) in [6.07, 6.45) is 2.34. The van der Waals surface area contributed by atoms with Crippen LogP contribution in [0.15, 0.2) is 24.3 Å². The maximum atomic E-state index is 12.3. The maximum Gasteiger partial charge on any atom is 0.269 e. The largest absolute Gasteiger partial charge is 0.382 e. The minimum Gasteiger partial charge on any atom is -0.382 e. The number of carbonyl (C=O) groups is 1. The minimum atomic E-state index is -0.198. The highest BCUT2D eigenvalue weighted by molar-refractivity contribution is 14.1. The van der Waals surface area contributed by atoms with Gasteiger partial charge in [-0.15, -0.1) is 0 Å². The predicted octanol–water partition coefficient (Wildman–Crippen LogP) is 3.18. The quantitative estimate of drug-likeness (QED) is 0.757. The Kier molecular flexibility index (Phi) is 4.29. The smallest absolute Gasteiger partial charge is 0.269 e. The number of thiazole rings is 1. The molecule has 21 heavy (non-hydrogen) atoms. The van der Waals surface area contributed by atoms with E-state index in [9.17, 15) is 4.79 Å². The number of nitrogen functional groups attached to an aromatic ring is 1. The van der Waals surface area contributed by atoms with Gasteiger partial charge < -0.3 is 16.0 Å². The van der Waals surface area contributed by atoms with Crippen molar-refractivity contribution < 1.29 is 4.79 Å². The molecule has 0 unspecified atom stereocenters. The third-order valence-electron chi connectivity index (χ3n) is 3.33. The number of aromatic nitrogens is 1. The van der Waals surface area contributed by atoms with Gasteiger partial charge in [-0.05, 0) is 59.7 Å². The number of nitrogens with zero attached hydrogens (tertiary/aromatic N) is 2. The van der Waals surface area contributed by atoms with Crippen molar-refractivity contribution in [3.05, 3.63) is 32.7 Å². The molecule has 0 spiro atoms. The van der Waals surface area contributed by atoms with Gasteiger partial charge in [-0.3, -0.25) is 4.79 Å². The molecule has 1 fully saturated rings. The van der Waals surface area contributed by atoms with E-state index in [2.05, 4.69) is 37.8 Å². The number of rotatable bonds is 3. The van der Waals surface area contributed by atoms with Crippen molar-refractivity contribution in [3.8, 4) is 0 Å². The number of amides is 1. The van der Waals surface area contributed by atoms with E-state index in [4.69, 9.17) is 5.73 Å². The van der Waals surface area contributed by atoms with Crippen LogP contribution in [0.3, 0.4) is 0 Å². The summed E-state index contributed by atoms with van der Waals surface area (Å²) in [6, 6.07) is 7.64. The van der Waals surface area contributed by atoms with Crippen LogP contribution in [-0.2, 0) is 0 Å². The number of benzene rings is 1. The van der Waals surface area contributed by atoms with Crippen molar-refractivity contribution in [2.24, 2.45) is 0 Å². The summed E-state index contributed by atoms with van der Waals surface area (Å²) in [7, 11) is 0. The Balaban J connectivity index is 1.76. The average Bonchev–Trinajstić information content (AvgIpc) is 3.10. The maximum absolute atomic E-state index is 12.3. The zero-order chi connectivity index (χ0) is 14.8. The SMILES string of the molecule is Nc1nc(N2CCCC2)sc1C(=O)Nc1ccc(I)cc1. The number of anilines is 3. The molecule has 3 rings (SSSR count). The highest BCUT2D eigenvalue weighted by Gasteiger charge is 2.21. The Hall–Kier alpha value is -1.35. The highest BCUT2D eigenvalue weighted by Crippen LogP contribution is 2.30. The number of hydrogen-bond donors (Lipinski definition) is 2. The summed E-state index contributed by atoms with van der Waals surface area (Å²) in [5, 5.41) is 3.70. The molecule has 0 atom stereocenters. The summed E-state index contributed by atoms with van der Waals surface area (Å²) in [5.74, 6) is 0.113. The number of nitrogens with two attached hydrogens (primary N) is 1. The summed E-state index contributed by atoms with van der Waals surface area (Å²) in [4.78, 5) is 19.3. The van der Waals surface area contributed by atoms with Crippen LogP contribution >= 0.6 is 33.9 Å². The lowest BCUT2D eigenvalue weighted by Gasteiger charge is -2.11. The van der Waals surface area contributed by atoms with Crippen molar-refractivity contribution >= 4 is 56.5 Å². The molecule has 0 aliphatic carbocycles. The third kappa shape index (κ3) is 3.29. The van der Waals surface area contributed by atoms with E-state index < -0.39 is 0 Å². The van der Waals surface area contributed by atoms with Crippen molar-refractivity contribution in [3.63, 3.8) is 0 Å². The number of halogens is 1. The molecule has 3 N–H and O–H groups in total. The van der Waals surface area contributed by atoms with Gasteiger partial charge in [-0.25, -0.2) is 4.98 Å². The van der Waals surface area contributed by atoms with Crippen LogP contribution in [0.1, 0.15) is 22.5 Å². The van der Waals surface area contributed by atoms with Crippen LogP contribution in [0, 0.1) is 3.57 Å². The molecule has 2 aromatic rings. The molecular weight excluding hydrogens is 399 g/mol. The molecule has 2 heterocycles. The first-order valence-electron chi connectivity index (χ1n) is 6.71. The molecule has 0 saturated carbocycles. The molecule has 110 valence electrons. The van der Waals surface area contributed by atoms with Crippen LogP contribution in [0.2, 0.25) is 0 Å². The topological polar surface area (TPSA) is 71.2 Å². The van der Waals surface area contributed by atoms with E-state index in [0.29, 0.717) is 10.7 Å². The number of carbonyl (C=O) groups excluding carboxylic acids is 1. The summed E-state index contributed by atoms with van der Waals surface area (Å²) >= 11 is 3.59. The van der Waals surface area contributed by atoms with E-state index >= 15 is 0 Å². The molecular formula is C14H15IN4OS. The molecule has 1 aliphatic rings. The molecule has 5 nitrogen and oxygen atoms in total. The van der Waals surface area contributed by atoms with Crippen LogP contribution in [0.4, 0.5) is 16.6 Å². The second-order valence-corrected chi connectivity index (χ2v) is 7.09. The Morgan fingerprint density at radius 1 is 1.29 bits per heavy atom. The first-order chi connectivity index (χ1) is 10.1.